The Balaban J connectivity index is 1.98. The van der Waals surface area contributed by atoms with Crippen LogP contribution < -0.4 is 0 Å². The molecule has 17 heavy (non-hydrogen) atoms. The van der Waals surface area contributed by atoms with Gasteiger partial charge < -0.3 is 4.74 Å². The Morgan fingerprint density at radius 1 is 1.41 bits per heavy atom. The zero-order valence-electron chi connectivity index (χ0n) is 10.3. The van der Waals surface area contributed by atoms with E-state index in [2.05, 4.69) is 37.3 Å². The number of hydrogen-bond donors (Lipinski definition) is 0. The minimum atomic E-state index is 0.0786. The molecule has 3 unspecified atom stereocenters. The van der Waals surface area contributed by atoms with E-state index in [1.807, 2.05) is 6.07 Å². The summed E-state index contributed by atoms with van der Waals surface area (Å²) < 4.78 is 5.75. The molecular formula is C15H19NO. The summed E-state index contributed by atoms with van der Waals surface area (Å²) in [5.74, 6) is 0.532. The topological polar surface area (TPSA) is 33.0 Å². The van der Waals surface area contributed by atoms with E-state index < -0.39 is 0 Å². The number of ether oxygens (including phenoxy) is 1. The second-order valence-electron chi connectivity index (χ2n) is 4.83. The molecule has 3 atom stereocenters. The molecule has 0 spiro atoms. The zero-order valence-corrected chi connectivity index (χ0v) is 10.3. The van der Waals surface area contributed by atoms with Gasteiger partial charge in [-0.2, -0.15) is 5.26 Å². The van der Waals surface area contributed by atoms with Gasteiger partial charge in [0.05, 0.1) is 18.1 Å². The molecule has 0 N–H and O–H groups in total. The third-order valence-electron chi connectivity index (χ3n) is 3.56. The second kappa shape index (κ2) is 5.84. The maximum Gasteiger partial charge on any atom is 0.0738 e. The number of nitrogens with zero attached hydrogens (tertiary/aromatic N) is 1. The van der Waals surface area contributed by atoms with E-state index >= 15 is 0 Å². The van der Waals surface area contributed by atoms with Gasteiger partial charge in [-0.3, -0.25) is 0 Å². The minimum Gasteiger partial charge on any atom is -0.377 e. The van der Waals surface area contributed by atoms with Crippen molar-refractivity contribution in [3.8, 4) is 6.07 Å². The van der Waals surface area contributed by atoms with E-state index in [9.17, 15) is 0 Å². The summed E-state index contributed by atoms with van der Waals surface area (Å²) in [4.78, 5) is 0. The van der Waals surface area contributed by atoms with Crippen molar-refractivity contribution in [3.05, 3.63) is 35.9 Å². The van der Waals surface area contributed by atoms with Crippen molar-refractivity contribution in [3.63, 3.8) is 0 Å². The van der Waals surface area contributed by atoms with Gasteiger partial charge in [0.1, 0.15) is 0 Å². The Morgan fingerprint density at radius 2 is 2.18 bits per heavy atom. The molecule has 1 fully saturated rings. The highest BCUT2D eigenvalue weighted by atomic mass is 16.5. The van der Waals surface area contributed by atoms with Gasteiger partial charge >= 0.3 is 0 Å². The first kappa shape index (κ1) is 12.1. The molecule has 0 amide bonds. The molecule has 0 aliphatic carbocycles. The maximum absolute atomic E-state index is 9.11. The lowest BCUT2D eigenvalue weighted by atomic mass is 9.86. The zero-order chi connectivity index (χ0) is 12.1. The maximum atomic E-state index is 9.11. The molecular weight excluding hydrogens is 210 g/mol. The van der Waals surface area contributed by atoms with Crippen LogP contribution in [0.3, 0.4) is 0 Å². The molecule has 1 aliphatic heterocycles. The highest BCUT2D eigenvalue weighted by Crippen LogP contribution is 2.29. The van der Waals surface area contributed by atoms with Gasteiger partial charge in [0.2, 0.25) is 0 Å². The van der Waals surface area contributed by atoms with Gasteiger partial charge in [0, 0.05) is 6.61 Å². The lowest BCUT2D eigenvalue weighted by Crippen LogP contribution is -2.29. The van der Waals surface area contributed by atoms with Gasteiger partial charge in [-0.25, -0.2) is 0 Å². The molecule has 0 radical (unpaired) electrons. The van der Waals surface area contributed by atoms with Crippen molar-refractivity contribution in [1.29, 1.82) is 5.26 Å². The highest BCUT2D eigenvalue weighted by molar-refractivity contribution is 5.19. The second-order valence-corrected chi connectivity index (χ2v) is 4.83. The van der Waals surface area contributed by atoms with Crippen LogP contribution in [-0.2, 0) is 4.74 Å². The molecule has 2 rings (SSSR count). The van der Waals surface area contributed by atoms with Gasteiger partial charge in [-0.15, -0.1) is 0 Å². The average molecular weight is 229 g/mol. The number of nitriles is 1. The predicted octanol–water partition coefficient (Wildman–Crippen LogP) is 3.50. The van der Waals surface area contributed by atoms with Crippen LogP contribution in [0.4, 0.5) is 0 Å². The van der Waals surface area contributed by atoms with E-state index in [1.54, 1.807) is 0 Å². The Labute approximate surface area is 103 Å². The summed E-state index contributed by atoms with van der Waals surface area (Å²) in [5.41, 5.74) is 1.33. The Bertz CT molecular complexity index is 382. The van der Waals surface area contributed by atoms with Crippen LogP contribution in [0.5, 0.6) is 0 Å². The third-order valence-corrected chi connectivity index (χ3v) is 3.56. The number of benzene rings is 1. The van der Waals surface area contributed by atoms with Crippen LogP contribution in [0.15, 0.2) is 30.3 Å². The predicted molar refractivity (Wildman–Crippen MR) is 67.6 cm³/mol. The molecule has 0 aromatic heterocycles. The third kappa shape index (κ3) is 3.08. The fraction of sp³-hybridized carbons (Fsp3) is 0.533. The van der Waals surface area contributed by atoms with Crippen LogP contribution in [0.2, 0.25) is 0 Å². The van der Waals surface area contributed by atoms with Gasteiger partial charge in [0.15, 0.2) is 0 Å². The van der Waals surface area contributed by atoms with Gasteiger partial charge in [-0.05, 0) is 30.7 Å². The lowest BCUT2D eigenvalue weighted by molar-refractivity contribution is -0.0162. The number of rotatable bonds is 3. The lowest BCUT2D eigenvalue weighted by Gasteiger charge is -2.29. The minimum absolute atomic E-state index is 0.0786. The van der Waals surface area contributed by atoms with Crippen LogP contribution in [0.25, 0.3) is 0 Å². The van der Waals surface area contributed by atoms with Crippen LogP contribution in [0.1, 0.15) is 37.7 Å². The van der Waals surface area contributed by atoms with E-state index in [0.717, 1.165) is 25.9 Å². The van der Waals surface area contributed by atoms with Crippen LogP contribution >= 0.6 is 0 Å². The van der Waals surface area contributed by atoms with Crippen LogP contribution in [-0.4, -0.2) is 12.7 Å². The summed E-state index contributed by atoms with van der Waals surface area (Å²) >= 11 is 0. The number of hydrogen-bond acceptors (Lipinski definition) is 2. The molecule has 1 aromatic carbocycles. The molecule has 90 valence electrons. The van der Waals surface area contributed by atoms with Crippen molar-refractivity contribution < 1.29 is 4.74 Å². The molecule has 1 aliphatic rings. The first-order valence-corrected chi connectivity index (χ1v) is 6.37. The van der Waals surface area contributed by atoms with Crippen molar-refractivity contribution in [2.45, 2.75) is 38.2 Å². The van der Waals surface area contributed by atoms with Crippen molar-refractivity contribution in [2.24, 2.45) is 5.92 Å². The van der Waals surface area contributed by atoms with E-state index in [1.165, 1.54) is 5.56 Å². The van der Waals surface area contributed by atoms with Crippen molar-refractivity contribution >= 4 is 0 Å². The van der Waals surface area contributed by atoms with E-state index in [4.69, 9.17) is 10.00 Å². The standard InChI is InChI=1S/C15H19NO/c1-12(13-6-3-2-4-7-13)10-15-14(11-16)8-5-9-17-15/h2-4,6-7,12,14-15H,5,8-10H2,1H3. The molecule has 1 heterocycles. The largest absolute Gasteiger partial charge is 0.377 e. The van der Waals surface area contributed by atoms with E-state index in [0.29, 0.717) is 5.92 Å². The van der Waals surface area contributed by atoms with Crippen molar-refractivity contribution in [1.82, 2.24) is 0 Å². The van der Waals surface area contributed by atoms with Gasteiger partial charge in [-0.1, -0.05) is 37.3 Å². The molecule has 0 bridgehead atoms. The molecule has 2 nitrogen and oxygen atoms in total. The molecule has 1 saturated heterocycles. The normalized spacial score (nSPS) is 26.1. The molecule has 0 saturated carbocycles. The van der Waals surface area contributed by atoms with Gasteiger partial charge in [0.25, 0.3) is 0 Å². The smallest absolute Gasteiger partial charge is 0.0738 e. The Hall–Kier alpha value is -1.33. The quantitative estimate of drug-likeness (QED) is 0.794. The fourth-order valence-corrected chi connectivity index (χ4v) is 2.49. The summed E-state index contributed by atoms with van der Waals surface area (Å²) in [5, 5.41) is 9.11. The average Bonchev–Trinajstić information content (AvgIpc) is 2.40. The SMILES string of the molecule is CC(CC1OCCCC1C#N)c1ccccc1. The molecule has 1 aromatic rings. The Morgan fingerprint density at radius 3 is 2.88 bits per heavy atom. The highest BCUT2D eigenvalue weighted by Gasteiger charge is 2.27. The summed E-state index contributed by atoms with van der Waals surface area (Å²) in [6.45, 7) is 3.02. The first-order valence-electron chi connectivity index (χ1n) is 6.37. The van der Waals surface area contributed by atoms with E-state index in [-0.39, 0.29) is 12.0 Å². The summed E-state index contributed by atoms with van der Waals surface area (Å²) in [6, 6.07) is 12.8. The monoisotopic (exact) mass is 229 g/mol. The fourth-order valence-electron chi connectivity index (χ4n) is 2.49. The van der Waals surface area contributed by atoms with Crippen molar-refractivity contribution in [2.75, 3.05) is 6.61 Å². The first-order chi connectivity index (χ1) is 8.31. The molecule has 2 heteroatoms. The Kier molecular flexibility index (Phi) is 4.17. The summed E-state index contributed by atoms with van der Waals surface area (Å²) in [6.07, 6.45) is 3.07. The van der Waals surface area contributed by atoms with Crippen LogP contribution in [0, 0.1) is 17.2 Å². The summed E-state index contributed by atoms with van der Waals surface area (Å²) in [7, 11) is 0.